The van der Waals surface area contributed by atoms with Gasteiger partial charge in [-0.2, -0.15) is 0 Å². The molecule has 0 bridgehead atoms. The van der Waals surface area contributed by atoms with E-state index in [1.807, 2.05) is 6.07 Å². The van der Waals surface area contributed by atoms with Crippen LogP contribution in [0.3, 0.4) is 0 Å². The van der Waals surface area contributed by atoms with E-state index in [1.54, 1.807) is 38.1 Å². The van der Waals surface area contributed by atoms with Gasteiger partial charge in [-0.25, -0.2) is 9.97 Å². The molecule has 3 aromatic rings. The second kappa shape index (κ2) is 7.65. The highest BCUT2D eigenvalue weighted by Crippen LogP contribution is 2.20. The zero-order valence-corrected chi connectivity index (χ0v) is 15.0. The van der Waals surface area contributed by atoms with Gasteiger partial charge in [0.05, 0.1) is 0 Å². The first-order chi connectivity index (χ1) is 12.9. The Balaban J connectivity index is 1.79. The number of anilines is 4. The molecule has 0 unspecified atom stereocenters. The summed E-state index contributed by atoms with van der Waals surface area (Å²) >= 11 is 0. The number of aromatic nitrogens is 3. The molecule has 3 rings (SSSR count). The summed E-state index contributed by atoms with van der Waals surface area (Å²) in [5, 5.41) is 12.2. The molecule has 0 fully saturated rings. The van der Waals surface area contributed by atoms with Crippen LogP contribution in [0.1, 0.15) is 29.0 Å². The minimum Gasteiger partial charge on any atom is -0.360 e. The topological polar surface area (TPSA) is 122 Å². The van der Waals surface area contributed by atoms with Crippen LogP contribution in [0.15, 0.2) is 40.9 Å². The van der Waals surface area contributed by atoms with Crippen LogP contribution in [-0.4, -0.2) is 26.9 Å². The molecule has 0 aliphatic heterocycles. The zero-order chi connectivity index (χ0) is 19.4. The Hall–Kier alpha value is -3.75. The van der Waals surface area contributed by atoms with Gasteiger partial charge in [0.25, 0.3) is 5.91 Å². The lowest BCUT2D eigenvalue weighted by atomic mass is 10.2. The number of carbonyl (C=O) groups is 2. The van der Waals surface area contributed by atoms with Gasteiger partial charge in [-0.05, 0) is 32.0 Å². The fraction of sp³-hybridized carbons (Fsp3) is 0.167. The minimum atomic E-state index is -0.427. The second-order valence-electron chi connectivity index (χ2n) is 5.85. The Labute approximate surface area is 155 Å². The standard InChI is InChI=1S/C18H18N6O3/c1-10-7-17(24-27-10)23-18(26)15-9-16(20-11(2)19-15)22-14-6-4-5-13(8-14)21-12(3)25/h4-9H,1-3H3,(H,21,25)(H,19,20,22)(H,23,24,26). The smallest absolute Gasteiger partial charge is 0.275 e. The maximum Gasteiger partial charge on any atom is 0.275 e. The summed E-state index contributed by atoms with van der Waals surface area (Å²) in [5.74, 6) is 1.19. The molecule has 27 heavy (non-hydrogen) atoms. The van der Waals surface area contributed by atoms with E-state index < -0.39 is 5.91 Å². The van der Waals surface area contributed by atoms with Crippen molar-refractivity contribution in [2.75, 3.05) is 16.0 Å². The Morgan fingerprint density at radius 2 is 1.74 bits per heavy atom. The molecule has 0 atom stereocenters. The predicted molar refractivity (Wildman–Crippen MR) is 100.0 cm³/mol. The van der Waals surface area contributed by atoms with E-state index in [0.717, 1.165) is 0 Å². The second-order valence-corrected chi connectivity index (χ2v) is 5.85. The lowest BCUT2D eigenvalue weighted by Gasteiger charge is -2.10. The molecule has 1 aromatic carbocycles. The minimum absolute atomic E-state index is 0.160. The number of rotatable bonds is 5. The van der Waals surface area contributed by atoms with E-state index >= 15 is 0 Å². The summed E-state index contributed by atoms with van der Waals surface area (Å²) in [7, 11) is 0. The third kappa shape index (κ3) is 4.88. The van der Waals surface area contributed by atoms with Crippen molar-refractivity contribution < 1.29 is 14.1 Å². The van der Waals surface area contributed by atoms with Crippen molar-refractivity contribution in [2.24, 2.45) is 0 Å². The number of benzene rings is 1. The van der Waals surface area contributed by atoms with E-state index in [2.05, 4.69) is 31.1 Å². The van der Waals surface area contributed by atoms with Gasteiger partial charge in [-0.1, -0.05) is 11.2 Å². The molecule has 9 heteroatoms. The van der Waals surface area contributed by atoms with Crippen molar-refractivity contribution in [1.29, 1.82) is 0 Å². The molecule has 2 heterocycles. The highest BCUT2D eigenvalue weighted by atomic mass is 16.5. The zero-order valence-electron chi connectivity index (χ0n) is 15.0. The van der Waals surface area contributed by atoms with Gasteiger partial charge in [0.1, 0.15) is 23.1 Å². The Bertz CT molecular complexity index is 998. The van der Waals surface area contributed by atoms with Gasteiger partial charge in [-0.3, -0.25) is 9.59 Å². The van der Waals surface area contributed by atoms with Crippen LogP contribution in [0.5, 0.6) is 0 Å². The third-order valence-corrected chi connectivity index (χ3v) is 3.40. The average molecular weight is 366 g/mol. The van der Waals surface area contributed by atoms with Crippen molar-refractivity contribution in [3.63, 3.8) is 0 Å². The van der Waals surface area contributed by atoms with Crippen molar-refractivity contribution in [1.82, 2.24) is 15.1 Å². The number of hydrogen-bond acceptors (Lipinski definition) is 7. The Morgan fingerprint density at radius 1 is 0.963 bits per heavy atom. The molecular formula is C18H18N6O3. The molecule has 9 nitrogen and oxygen atoms in total. The predicted octanol–water partition coefficient (Wildman–Crippen LogP) is 3.04. The molecule has 2 amide bonds. The van der Waals surface area contributed by atoms with Gasteiger partial charge in [0.15, 0.2) is 5.82 Å². The fourth-order valence-corrected chi connectivity index (χ4v) is 2.38. The van der Waals surface area contributed by atoms with E-state index in [1.165, 1.54) is 13.0 Å². The Morgan fingerprint density at radius 3 is 2.44 bits per heavy atom. The van der Waals surface area contributed by atoms with E-state index in [-0.39, 0.29) is 11.6 Å². The average Bonchev–Trinajstić information content (AvgIpc) is 2.99. The molecule has 0 aliphatic rings. The van der Waals surface area contributed by atoms with Gasteiger partial charge in [0, 0.05) is 30.4 Å². The first-order valence-corrected chi connectivity index (χ1v) is 8.14. The number of nitrogens with zero attached hydrogens (tertiary/aromatic N) is 3. The molecule has 2 aromatic heterocycles. The van der Waals surface area contributed by atoms with Crippen molar-refractivity contribution in [3.8, 4) is 0 Å². The maximum absolute atomic E-state index is 12.4. The number of carbonyl (C=O) groups excluding carboxylic acids is 2. The normalized spacial score (nSPS) is 10.3. The number of hydrogen-bond donors (Lipinski definition) is 3. The summed E-state index contributed by atoms with van der Waals surface area (Å²) in [6.45, 7) is 4.86. The molecule has 3 N–H and O–H groups in total. The third-order valence-electron chi connectivity index (χ3n) is 3.40. The number of amides is 2. The van der Waals surface area contributed by atoms with E-state index in [9.17, 15) is 9.59 Å². The lowest BCUT2D eigenvalue weighted by molar-refractivity contribution is -0.114. The summed E-state index contributed by atoms with van der Waals surface area (Å²) < 4.78 is 4.93. The molecule has 138 valence electrons. The molecular weight excluding hydrogens is 348 g/mol. The molecule has 0 saturated carbocycles. The summed E-state index contributed by atoms with van der Waals surface area (Å²) in [6, 6.07) is 10.3. The highest BCUT2D eigenvalue weighted by Gasteiger charge is 2.13. The molecule has 0 spiro atoms. The first kappa shape index (κ1) is 18.1. The van der Waals surface area contributed by atoms with Crippen LogP contribution in [0, 0.1) is 13.8 Å². The number of aryl methyl sites for hydroxylation is 2. The Kier molecular flexibility index (Phi) is 5.11. The summed E-state index contributed by atoms with van der Waals surface area (Å²) in [5.41, 5.74) is 1.54. The fourth-order valence-electron chi connectivity index (χ4n) is 2.38. The quantitative estimate of drug-likeness (QED) is 0.634. The maximum atomic E-state index is 12.4. The van der Waals surface area contributed by atoms with Gasteiger partial charge < -0.3 is 20.5 Å². The molecule has 0 saturated heterocycles. The summed E-state index contributed by atoms with van der Waals surface area (Å²) in [4.78, 5) is 32.0. The number of nitrogens with one attached hydrogen (secondary N) is 3. The van der Waals surface area contributed by atoms with Crippen LogP contribution in [-0.2, 0) is 4.79 Å². The van der Waals surface area contributed by atoms with Crippen molar-refractivity contribution in [2.45, 2.75) is 20.8 Å². The van der Waals surface area contributed by atoms with Crippen LogP contribution < -0.4 is 16.0 Å². The van der Waals surface area contributed by atoms with Gasteiger partial charge >= 0.3 is 0 Å². The van der Waals surface area contributed by atoms with Gasteiger partial charge in [-0.15, -0.1) is 0 Å². The van der Waals surface area contributed by atoms with E-state index in [4.69, 9.17) is 4.52 Å². The highest BCUT2D eigenvalue weighted by molar-refractivity contribution is 6.02. The van der Waals surface area contributed by atoms with Crippen molar-refractivity contribution in [3.05, 3.63) is 53.7 Å². The lowest BCUT2D eigenvalue weighted by Crippen LogP contribution is -2.15. The molecule has 0 aliphatic carbocycles. The largest absolute Gasteiger partial charge is 0.360 e. The van der Waals surface area contributed by atoms with Crippen LogP contribution in [0.25, 0.3) is 0 Å². The molecule has 0 radical (unpaired) electrons. The van der Waals surface area contributed by atoms with E-state index in [0.29, 0.717) is 34.6 Å². The van der Waals surface area contributed by atoms with Gasteiger partial charge in [0.2, 0.25) is 5.91 Å². The van der Waals surface area contributed by atoms with Crippen LogP contribution in [0.2, 0.25) is 0 Å². The van der Waals surface area contributed by atoms with Crippen LogP contribution >= 0.6 is 0 Å². The van der Waals surface area contributed by atoms with Crippen molar-refractivity contribution >= 4 is 34.8 Å². The monoisotopic (exact) mass is 366 g/mol. The summed E-state index contributed by atoms with van der Waals surface area (Å²) in [6.07, 6.45) is 0. The van der Waals surface area contributed by atoms with Crippen LogP contribution in [0.4, 0.5) is 23.0 Å². The SMILES string of the molecule is CC(=O)Nc1cccc(Nc2cc(C(=O)Nc3cc(C)on3)nc(C)n2)c1. The first-order valence-electron chi connectivity index (χ1n) is 8.14.